The van der Waals surface area contributed by atoms with Crippen LogP contribution >= 0.6 is 0 Å². The van der Waals surface area contributed by atoms with E-state index in [0.29, 0.717) is 17.5 Å². The van der Waals surface area contributed by atoms with Crippen molar-refractivity contribution in [1.29, 1.82) is 0 Å². The van der Waals surface area contributed by atoms with E-state index < -0.39 is 0 Å². The van der Waals surface area contributed by atoms with E-state index in [4.69, 9.17) is 0 Å². The van der Waals surface area contributed by atoms with Crippen molar-refractivity contribution in [2.75, 3.05) is 13.1 Å². The highest BCUT2D eigenvalue weighted by atomic mass is 16.3. The Labute approximate surface area is 118 Å². The molecule has 3 rings (SSSR count). The van der Waals surface area contributed by atoms with Crippen LogP contribution in [0.1, 0.15) is 36.2 Å². The molecule has 2 heterocycles. The van der Waals surface area contributed by atoms with Crippen LogP contribution in [-0.4, -0.2) is 46.4 Å². The third-order valence-corrected chi connectivity index (χ3v) is 4.59. The molecule has 1 aromatic rings. The van der Waals surface area contributed by atoms with Crippen LogP contribution in [0, 0.1) is 11.8 Å². The summed E-state index contributed by atoms with van der Waals surface area (Å²) in [6.07, 6.45) is 5.17. The molecule has 1 aliphatic heterocycles. The zero-order valence-corrected chi connectivity index (χ0v) is 11.5. The van der Waals surface area contributed by atoms with Gasteiger partial charge >= 0.3 is 0 Å². The summed E-state index contributed by atoms with van der Waals surface area (Å²) >= 11 is 0. The molecular weight excluding hydrogens is 256 g/mol. The molecule has 0 spiro atoms. The monoisotopic (exact) mass is 278 g/mol. The molecule has 1 saturated heterocycles. The van der Waals surface area contributed by atoms with E-state index >= 15 is 0 Å². The van der Waals surface area contributed by atoms with Crippen LogP contribution in [0.4, 0.5) is 0 Å². The normalized spacial score (nSPS) is 28.6. The Kier molecular flexibility index (Phi) is 4.03. The van der Waals surface area contributed by atoms with E-state index in [0.717, 1.165) is 38.8 Å². The number of hydrogen-bond donors (Lipinski definition) is 4. The van der Waals surface area contributed by atoms with Crippen LogP contribution in [0.5, 0.6) is 0 Å². The predicted octanol–water partition coefficient (Wildman–Crippen LogP) is 0.279. The molecule has 6 nitrogen and oxygen atoms in total. The first-order chi connectivity index (χ1) is 9.74. The number of rotatable bonds is 4. The van der Waals surface area contributed by atoms with Gasteiger partial charge in [-0.1, -0.05) is 0 Å². The Morgan fingerprint density at radius 3 is 2.70 bits per heavy atom. The number of aliphatic hydroxyl groups excluding tert-OH is 1. The highest BCUT2D eigenvalue weighted by molar-refractivity contribution is 5.92. The van der Waals surface area contributed by atoms with Crippen LogP contribution in [0.25, 0.3) is 0 Å². The molecule has 4 N–H and O–H groups in total. The maximum absolute atomic E-state index is 12.2. The van der Waals surface area contributed by atoms with Crippen molar-refractivity contribution in [3.05, 3.63) is 18.0 Å². The van der Waals surface area contributed by atoms with E-state index in [1.54, 1.807) is 12.3 Å². The quantitative estimate of drug-likeness (QED) is 0.637. The molecule has 0 aromatic carbocycles. The Morgan fingerprint density at radius 2 is 2.10 bits per heavy atom. The number of H-pyrrole nitrogens is 1. The Morgan fingerprint density at radius 1 is 1.35 bits per heavy atom. The lowest BCUT2D eigenvalue weighted by Crippen LogP contribution is -2.52. The zero-order chi connectivity index (χ0) is 13.9. The van der Waals surface area contributed by atoms with Crippen LogP contribution in [0.3, 0.4) is 0 Å². The second-order valence-electron chi connectivity index (χ2n) is 5.94. The van der Waals surface area contributed by atoms with Gasteiger partial charge in [-0.2, -0.15) is 5.10 Å². The number of carbonyl (C=O) groups excluding carboxylic acids is 1. The minimum atomic E-state index is -0.187. The average Bonchev–Trinajstić information content (AvgIpc) is 2.97. The Hall–Kier alpha value is -1.40. The lowest BCUT2D eigenvalue weighted by atomic mass is 9.71. The van der Waals surface area contributed by atoms with Crippen LogP contribution in [-0.2, 0) is 0 Å². The Bertz CT molecular complexity index is 436. The summed E-state index contributed by atoms with van der Waals surface area (Å²) in [5.41, 5.74) is 0.504. The maximum atomic E-state index is 12.2. The number of nitrogens with one attached hydrogen (secondary N) is 3. The van der Waals surface area contributed by atoms with Crippen molar-refractivity contribution in [1.82, 2.24) is 20.8 Å². The van der Waals surface area contributed by atoms with E-state index in [2.05, 4.69) is 20.8 Å². The van der Waals surface area contributed by atoms with Gasteiger partial charge < -0.3 is 15.7 Å². The molecule has 1 saturated carbocycles. The fourth-order valence-electron chi connectivity index (χ4n) is 3.36. The first-order valence-corrected chi connectivity index (χ1v) is 7.43. The van der Waals surface area contributed by atoms with Gasteiger partial charge in [0, 0.05) is 12.2 Å². The fraction of sp³-hybridized carbons (Fsp3) is 0.714. The minimum Gasteiger partial charge on any atom is -0.393 e. The first kappa shape index (κ1) is 13.6. The van der Waals surface area contributed by atoms with Crippen molar-refractivity contribution in [2.24, 2.45) is 11.8 Å². The predicted molar refractivity (Wildman–Crippen MR) is 74.2 cm³/mol. The molecule has 2 aliphatic rings. The summed E-state index contributed by atoms with van der Waals surface area (Å²) in [7, 11) is 0. The van der Waals surface area contributed by atoms with Gasteiger partial charge in [0.05, 0.1) is 6.10 Å². The lowest BCUT2D eigenvalue weighted by molar-refractivity contribution is 0.00913. The van der Waals surface area contributed by atoms with Gasteiger partial charge in [-0.15, -0.1) is 0 Å². The van der Waals surface area contributed by atoms with E-state index in [-0.39, 0.29) is 18.1 Å². The van der Waals surface area contributed by atoms with Crippen LogP contribution in [0.15, 0.2) is 12.3 Å². The van der Waals surface area contributed by atoms with Gasteiger partial charge in [-0.3, -0.25) is 9.89 Å². The number of aromatic amines is 1. The number of nitrogens with zero attached hydrogens (tertiary/aromatic N) is 1. The third kappa shape index (κ3) is 2.86. The lowest BCUT2D eigenvalue weighted by Gasteiger charge is -2.43. The standard InChI is InChI=1S/C14H22N4O2/c19-11-7-10(8-11)13(9-1-4-15-5-2-9)17-14(20)12-3-6-16-18-12/h3,6,9-11,13,15,19H,1-2,4-5,7-8H2,(H,16,18)(H,17,20)/t10?,11?,13-/m1/s1. The number of carbonyl (C=O) groups is 1. The highest BCUT2D eigenvalue weighted by Crippen LogP contribution is 2.35. The summed E-state index contributed by atoms with van der Waals surface area (Å²) in [5, 5.41) is 22.6. The number of aliphatic hydroxyl groups is 1. The average molecular weight is 278 g/mol. The fourth-order valence-corrected chi connectivity index (χ4v) is 3.36. The van der Waals surface area contributed by atoms with Crippen LogP contribution in [0.2, 0.25) is 0 Å². The molecule has 20 heavy (non-hydrogen) atoms. The second-order valence-corrected chi connectivity index (χ2v) is 5.94. The Balaban J connectivity index is 1.66. The number of amides is 1. The van der Waals surface area contributed by atoms with Crippen molar-refractivity contribution >= 4 is 5.91 Å². The molecule has 0 bridgehead atoms. The van der Waals surface area contributed by atoms with Crippen molar-refractivity contribution < 1.29 is 9.90 Å². The van der Waals surface area contributed by atoms with Gasteiger partial charge in [-0.05, 0) is 56.7 Å². The molecule has 2 fully saturated rings. The summed E-state index contributed by atoms with van der Waals surface area (Å²) in [6, 6.07) is 1.85. The molecule has 110 valence electrons. The summed E-state index contributed by atoms with van der Waals surface area (Å²) in [5.74, 6) is 0.813. The van der Waals surface area contributed by atoms with E-state index in [1.807, 2.05) is 0 Å². The minimum absolute atomic E-state index is 0.0903. The third-order valence-electron chi connectivity index (χ3n) is 4.59. The van der Waals surface area contributed by atoms with Gasteiger partial charge in [0.25, 0.3) is 5.91 Å². The molecule has 1 aliphatic carbocycles. The number of hydrogen-bond acceptors (Lipinski definition) is 4. The van der Waals surface area contributed by atoms with Gasteiger partial charge in [0.15, 0.2) is 0 Å². The zero-order valence-electron chi connectivity index (χ0n) is 11.5. The number of aromatic nitrogens is 2. The number of piperidine rings is 1. The molecule has 6 heteroatoms. The maximum Gasteiger partial charge on any atom is 0.269 e. The summed E-state index contributed by atoms with van der Waals surface area (Å²) in [4.78, 5) is 12.2. The highest BCUT2D eigenvalue weighted by Gasteiger charge is 2.39. The molecule has 1 aromatic heterocycles. The molecule has 1 atom stereocenters. The van der Waals surface area contributed by atoms with Crippen LogP contribution < -0.4 is 10.6 Å². The molecule has 0 radical (unpaired) electrons. The molecular formula is C14H22N4O2. The van der Waals surface area contributed by atoms with Crippen molar-refractivity contribution in [3.8, 4) is 0 Å². The summed E-state index contributed by atoms with van der Waals surface area (Å²) < 4.78 is 0. The molecule has 1 amide bonds. The van der Waals surface area contributed by atoms with Gasteiger partial charge in [0.2, 0.25) is 0 Å². The van der Waals surface area contributed by atoms with Crippen molar-refractivity contribution in [3.63, 3.8) is 0 Å². The topological polar surface area (TPSA) is 90.0 Å². The van der Waals surface area contributed by atoms with E-state index in [1.165, 1.54) is 0 Å². The van der Waals surface area contributed by atoms with Crippen molar-refractivity contribution in [2.45, 2.75) is 37.8 Å². The second kappa shape index (κ2) is 5.93. The van der Waals surface area contributed by atoms with Gasteiger partial charge in [0.1, 0.15) is 5.69 Å². The summed E-state index contributed by atoms with van der Waals surface area (Å²) in [6.45, 7) is 2.02. The van der Waals surface area contributed by atoms with Gasteiger partial charge in [-0.25, -0.2) is 0 Å². The first-order valence-electron chi connectivity index (χ1n) is 7.43. The SMILES string of the molecule is O=C(N[C@H](C1CCNCC1)C1CC(O)C1)c1ccn[nH]1. The largest absolute Gasteiger partial charge is 0.393 e. The molecule has 0 unspecified atom stereocenters. The van der Waals surface area contributed by atoms with E-state index in [9.17, 15) is 9.90 Å². The smallest absolute Gasteiger partial charge is 0.269 e.